The summed E-state index contributed by atoms with van der Waals surface area (Å²) in [4.78, 5) is 0. The Morgan fingerprint density at radius 1 is 0.722 bits per heavy atom. The molecule has 4 heteroatoms. The van der Waals surface area contributed by atoms with Crippen LogP contribution in [0.25, 0.3) is 0 Å². The van der Waals surface area contributed by atoms with E-state index in [4.69, 9.17) is 0 Å². The highest BCUT2D eigenvalue weighted by Crippen LogP contribution is 2.19. The van der Waals surface area contributed by atoms with E-state index >= 15 is 0 Å². The molecule has 0 aromatic carbocycles. The zero-order valence-corrected chi connectivity index (χ0v) is 12.2. The minimum atomic E-state index is 0.714. The van der Waals surface area contributed by atoms with Gasteiger partial charge in [0.05, 0.1) is 0 Å². The maximum atomic E-state index is 3.66. The molecule has 4 N–H and O–H groups in total. The van der Waals surface area contributed by atoms with Crippen molar-refractivity contribution in [1.82, 2.24) is 21.3 Å². The van der Waals surface area contributed by atoms with Crippen molar-refractivity contribution in [3.8, 4) is 0 Å². The van der Waals surface area contributed by atoms with Crippen LogP contribution < -0.4 is 21.3 Å². The lowest BCUT2D eigenvalue weighted by atomic mass is 9.86. The van der Waals surface area contributed by atoms with Crippen LogP contribution in [-0.4, -0.2) is 51.4 Å². The lowest BCUT2D eigenvalue weighted by Gasteiger charge is -2.38. The minimum absolute atomic E-state index is 0.714. The Balaban J connectivity index is 1.89. The molecule has 108 valence electrons. The highest BCUT2D eigenvalue weighted by molar-refractivity contribution is 4.92. The second-order valence-electron chi connectivity index (χ2n) is 5.11. The van der Waals surface area contributed by atoms with E-state index in [1.807, 2.05) is 0 Å². The molecule has 0 aromatic rings. The molecule has 0 radical (unpaired) electrons. The molecule has 1 aliphatic rings. The molecule has 2 unspecified atom stereocenters. The largest absolute Gasteiger partial charge is 0.317 e. The Morgan fingerprint density at radius 2 is 1.17 bits per heavy atom. The summed E-state index contributed by atoms with van der Waals surface area (Å²) in [7, 11) is 0. The lowest BCUT2D eigenvalue weighted by Crippen LogP contribution is -2.55. The van der Waals surface area contributed by atoms with E-state index in [1.54, 1.807) is 0 Å². The van der Waals surface area contributed by atoms with Gasteiger partial charge in [0.2, 0.25) is 0 Å². The number of rotatable bonds is 12. The molecule has 0 heterocycles. The van der Waals surface area contributed by atoms with Crippen molar-refractivity contribution >= 4 is 0 Å². The van der Waals surface area contributed by atoms with Gasteiger partial charge in [0.1, 0.15) is 0 Å². The van der Waals surface area contributed by atoms with Crippen LogP contribution in [0.5, 0.6) is 0 Å². The second-order valence-corrected chi connectivity index (χ2v) is 5.11. The fourth-order valence-corrected chi connectivity index (χ4v) is 2.34. The monoisotopic (exact) mass is 256 g/mol. The molecule has 0 bridgehead atoms. The normalized spacial score (nSPS) is 23.0. The first-order valence-electron chi connectivity index (χ1n) is 7.76. The zero-order valence-electron chi connectivity index (χ0n) is 12.2. The van der Waals surface area contributed by atoms with Crippen molar-refractivity contribution in [2.75, 3.05) is 39.3 Å². The fraction of sp³-hybridized carbons (Fsp3) is 1.00. The van der Waals surface area contributed by atoms with Gasteiger partial charge in [0, 0.05) is 12.1 Å². The summed E-state index contributed by atoms with van der Waals surface area (Å²) in [5, 5.41) is 14.0. The van der Waals surface area contributed by atoms with Gasteiger partial charge >= 0.3 is 0 Å². The maximum absolute atomic E-state index is 3.66. The van der Waals surface area contributed by atoms with Gasteiger partial charge in [0.25, 0.3) is 0 Å². The number of hydrogen-bond acceptors (Lipinski definition) is 4. The Hall–Kier alpha value is -0.160. The van der Waals surface area contributed by atoms with Gasteiger partial charge in [-0.2, -0.15) is 0 Å². The quantitative estimate of drug-likeness (QED) is 0.388. The van der Waals surface area contributed by atoms with E-state index in [0.29, 0.717) is 12.1 Å². The smallest absolute Gasteiger partial charge is 0.0221 e. The topological polar surface area (TPSA) is 48.1 Å². The first kappa shape index (κ1) is 15.9. The molecule has 18 heavy (non-hydrogen) atoms. The van der Waals surface area contributed by atoms with Crippen LogP contribution in [0.4, 0.5) is 0 Å². The summed E-state index contributed by atoms with van der Waals surface area (Å²) in [5.41, 5.74) is 0. The summed E-state index contributed by atoms with van der Waals surface area (Å²) in [6, 6.07) is 1.43. The van der Waals surface area contributed by atoms with E-state index in [1.165, 1.54) is 25.7 Å². The summed E-state index contributed by atoms with van der Waals surface area (Å²) < 4.78 is 0. The molecule has 1 saturated carbocycles. The molecular formula is C14H32N4. The predicted molar refractivity (Wildman–Crippen MR) is 79.1 cm³/mol. The van der Waals surface area contributed by atoms with Gasteiger partial charge in [-0.3, -0.25) is 0 Å². The molecule has 0 saturated heterocycles. The third kappa shape index (κ3) is 6.69. The van der Waals surface area contributed by atoms with E-state index in [-0.39, 0.29) is 0 Å². The van der Waals surface area contributed by atoms with Crippen LogP contribution in [-0.2, 0) is 0 Å². The minimum Gasteiger partial charge on any atom is -0.317 e. The highest BCUT2D eigenvalue weighted by Gasteiger charge is 2.29. The lowest BCUT2D eigenvalue weighted by molar-refractivity contribution is 0.238. The molecule has 1 aliphatic carbocycles. The molecule has 1 rings (SSSR count). The summed E-state index contributed by atoms with van der Waals surface area (Å²) >= 11 is 0. The van der Waals surface area contributed by atoms with Gasteiger partial charge in [0.15, 0.2) is 0 Å². The van der Waals surface area contributed by atoms with Crippen LogP contribution in [0.15, 0.2) is 0 Å². The molecule has 2 atom stereocenters. The third-order valence-electron chi connectivity index (χ3n) is 3.65. The molecule has 1 fully saturated rings. The molecule has 0 aromatic heterocycles. The van der Waals surface area contributed by atoms with Gasteiger partial charge in [-0.15, -0.1) is 0 Å². The third-order valence-corrected chi connectivity index (χ3v) is 3.65. The Bertz CT molecular complexity index is 167. The number of hydrogen-bond donors (Lipinski definition) is 4. The Labute approximate surface area is 113 Å². The van der Waals surface area contributed by atoms with Crippen molar-refractivity contribution in [3.05, 3.63) is 0 Å². The first-order chi connectivity index (χ1) is 8.88. The summed E-state index contributed by atoms with van der Waals surface area (Å²) in [6.07, 6.45) is 5.15. The van der Waals surface area contributed by atoms with Crippen molar-refractivity contribution < 1.29 is 0 Å². The molecular weight excluding hydrogens is 224 g/mol. The van der Waals surface area contributed by atoms with Crippen molar-refractivity contribution in [2.24, 2.45) is 0 Å². The van der Waals surface area contributed by atoms with E-state index in [2.05, 4.69) is 35.1 Å². The first-order valence-corrected chi connectivity index (χ1v) is 7.76. The second kappa shape index (κ2) is 10.7. The SMILES string of the molecule is CCNCCCNC1CCC1NCCCNCC. The average molecular weight is 256 g/mol. The van der Waals surface area contributed by atoms with E-state index in [9.17, 15) is 0 Å². The van der Waals surface area contributed by atoms with Crippen LogP contribution in [0.3, 0.4) is 0 Å². The molecule has 0 aliphatic heterocycles. The van der Waals surface area contributed by atoms with Gasteiger partial charge in [-0.05, 0) is 65.0 Å². The van der Waals surface area contributed by atoms with Crippen LogP contribution >= 0.6 is 0 Å². The van der Waals surface area contributed by atoms with Crippen molar-refractivity contribution in [3.63, 3.8) is 0 Å². The van der Waals surface area contributed by atoms with E-state index in [0.717, 1.165) is 39.3 Å². The van der Waals surface area contributed by atoms with Crippen LogP contribution in [0.1, 0.15) is 39.5 Å². The molecule has 4 nitrogen and oxygen atoms in total. The summed E-state index contributed by atoms with van der Waals surface area (Å²) in [6.45, 7) is 11.0. The standard InChI is InChI=1S/C14H32N4/c1-3-15-9-5-11-17-13-7-8-14(13)18-12-6-10-16-4-2/h13-18H,3-12H2,1-2H3. The summed E-state index contributed by atoms with van der Waals surface area (Å²) in [5.74, 6) is 0. The van der Waals surface area contributed by atoms with Gasteiger partial charge < -0.3 is 21.3 Å². The van der Waals surface area contributed by atoms with Crippen molar-refractivity contribution in [1.29, 1.82) is 0 Å². The average Bonchev–Trinajstić information content (AvgIpc) is 2.36. The maximum Gasteiger partial charge on any atom is 0.0221 e. The number of nitrogens with one attached hydrogen (secondary N) is 4. The Morgan fingerprint density at radius 3 is 1.50 bits per heavy atom. The zero-order chi connectivity index (χ0) is 13.1. The Kier molecular flexibility index (Phi) is 9.48. The van der Waals surface area contributed by atoms with Crippen molar-refractivity contribution in [2.45, 2.75) is 51.6 Å². The van der Waals surface area contributed by atoms with Gasteiger partial charge in [-0.25, -0.2) is 0 Å². The fourth-order valence-electron chi connectivity index (χ4n) is 2.34. The van der Waals surface area contributed by atoms with E-state index < -0.39 is 0 Å². The van der Waals surface area contributed by atoms with Gasteiger partial charge in [-0.1, -0.05) is 13.8 Å². The molecule has 0 amide bonds. The van der Waals surface area contributed by atoms with Crippen LogP contribution in [0, 0.1) is 0 Å². The predicted octanol–water partition coefficient (Wildman–Crippen LogP) is 0.696. The van der Waals surface area contributed by atoms with Crippen LogP contribution in [0.2, 0.25) is 0 Å². The highest BCUT2D eigenvalue weighted by atomic mass is 15.0. The molecule has 0 spiro atoms.